The molecule has 106 valence electrons. The van der Waals surface area contributed by atoms with Crippen LogP contribution in [0, 0.1) is 0 Å². The first-order valence-corrected chi connectivity index (χ1v) is 7.07. The number of aromatic nitrogens is 2. The number of nitrogens with zero attached hydrogens (tertiary/aromatic N) is 2. The smallest absolute Gasteiger partial charge is 0.258 e. The Bertz CT molecular complexity index is 744. The van der Waals surface area contributed by atoms with Crippen molar-refractivity contribution in [2.45, 2.75) is 6.61 Å². The molecule has 0 radical (unpaired) electrons. The fraction of sp³-hybridized carbons (Fsp3) is 0.0667. The van der Waals surface area contributed by atoms with Gasteiger partial charge in [0.2, 0.25) is 5.82 Å². The molecule has 5 nitrogen and oxygen atoms in total. The van der Waals surface area contributed by atoms with Crippen molar-refractivity contribution in [1.29, 1.82) is 0 Å². The van der Waals surface area contributed by atoms with Gasteiger partial charge in [0.25, 0.3) is 5.89 Å². The Kier molecular flexibility index (Phi) is 3.87. The summed E-state index contributed by atoms with van der Waals surface area (Å²) in [6, 6.07) is 15.0. The molecular formula is C15H12BrN3O2. The minimum absolute atomic E-state index is 0.250. The summed E-state index contributed by atoms with van der Waals surface area (Å²) in [6.45, 7) is 0.250. The van der Waals surface area contributed by atoms with E-state index in [4.69, 9.17) is 15.0 Å². The summed E-state index contributed by atoms with van der Waals surface area (Å²) in [5.74, 6) is 1.66. The van der Waals surface area contributed by atoms with Gasteiger partial charge in [0.1, 0.15) is 5.75 Å². The van der Waals surface area contributed by atoms with Gasteiger partial charge in [0, 0.05) is 15.7 Å². The van der Waals surface area contributed by atoms with Crippen molar-refractivity contribution in [1.82, 2.24) is 10.1 Å². The lowest BCUT2D eigenvalue weighted by Gasteiger charge is -2.01. The van der Waals surface area contributed by atoms with Crippen LogP contribution in [0.5, 0.6) is 5.75 Å². The van der Waals surface area contributed by atoms with Crippen molar-refractivity contribution >= 4 is 21.6 Å². The first-order chi connectivity index (χ1) is 10.2. The van der Waals surface area contributed by atoms with Gasteiger partial charge in [-0.15, -0.1) is 0 Å². The maximum atomic E-state index is 5.84. The van der Waals surface area contributed by atoms with E-state index in [9.17, 15) is 0 Å². The molecule has 0 saturated heterocycles. The molecule has 2 N–H and O–H groups in total. The second-order valence-corrected chi connectivity index (χ2v) is 5.21. The van der Waals surface area contributed by atoms with E-state index in [1.165, 1.54) is 0 Å². The fourth-order valence-corrected chi connectivity index (χ4v) is 2.02. The van der Waals surface area contributed by atoms with E-state index in [-0.39, 0.29) is 6.61 Å². The standard InChI is InChI=1S/C15H12BrN3O2/c16-12-7-6-10(8-13(12)17)15-18-14(19-21-15)9-20-11-4-2-1-3-5-11/h1-8H,9,17H2. The predicted octanol–water partition coefficient (Wildman–Crippen LogP) is 3.66. The third-order valence-electron chi connectivity index (χ3n) is 2.82. The van der Waals surface area contributed by atoms with Crippen LogP contribution in [0.1, 0.15) is 5.82 Å². The number of rotatable bonds is 4. The van der Waals surface area contributed by atoms with E-state index in [1.54, 1.807) is 6.07 Å². The molecule has 0 fully saturated rings. The molecule has 3 aromatic rings. The summed E-state index contributed by atoms with van der Waals surface area (Å²) in [6.07, 6.45) is 0. The zero-order valence-electron chi connectivity index (χ0n) is 11.0. The SMILES string of the molecule is Nc1cc(-c2nc(COc3ccccc3)no2)ccc1Br. The van der Waals surface area contributed by atoms with Crippen molar-refractivity contribution in [3.8, 4) is 17.2 Å². The van der Waals surface area contributed by atoms with Crippen LogP contribution in [0.4, 0.5) is 5.69 Å². The molecule has 0 atom stereocenters. The van der Waals surface area contributed by atoms with Crippen LogP contribution in [0.15, 0.2) is 57.5 Å². The molecule has 0 aliphatic heterocycles. The number of nitrogen functional groups attached to an aromatic ring is 1. The molecule has 0 bridgehead atoms. The Morgan fingerprint density at radius 3 is 2.71 bits per heavy atom. The second kappa shape index (κ2) is 5.97. The number of anilines is 1. The highest BCUT2D eigenvalue weighted by Gasteiger charge is 2.10. The number of halogens is 1. The van der Waals surface area contributed by atoms with Gasteiger partial charge in [-0.2, -0.15) is 4.98 Å². The molecule has 0 saturated carbocycles. The lowest BCUT2D eigenvalue weighted by Crippen LogP contribution is -1.97. The lowest BCUT2D eigenvalue weighted by atomic mass is 10.2. The number of benzene rings is 2. The maximum absolute atomic E-state index is 5.84. The number of nitrogens with two attached hydrogens (primary N) is 1. The number of para-hydroxylation sites is 1. The van der Waals surface area contributed by atoms with Gasteiger partial charge < -0.3 is 15.0 Å². The molecule has 0 aliphatic carbocycles. The zero-order chi connectivity index (χ0) is 14.7. The molecule has 0 aliphatic rings. The topological polar surface area (TPSA) is 74.2 Å². The summed E-state index contributed by atoms with van der Waals surface area (Å²) < 4.78 is 11.6. The summed E-state index contributed by atoms with van der Waals surface area (Å²) in [4.78, 5) is 4.29. The monoisotopic (exact) mass is 345 g/mol. The van der Waals surface area contributed by atoms with Crippen LogP contribution in [0.2, 0.25) is 0 Å². The van der Waals surface area contributed by atoms with E-state index in [0.29, 0.717) is 17.4 Å². The van der Waals surface area contributed by atoms with E-state index in [1.807, 2.05) is 42.5 Å². The quantitative estimate of drug-likeness (QED) is 0.730. The largest absolute Gasteiger partial charge is 0.485 e. The second-order valence-electron chi connectivity index (χ2n) is 4.35. The van der Waals surface area contributed by atoms with Gasteiger partial charge in [0.15, 0.2) is 6.61 Å². The summed E-state index contributed by atoms with van der Waals surface area (Å²) in [5.41, 5.74) is 7.23. The highest BCUT2D eigenvalue weighted by atomic mass is 79.9. The highest BCUT2D eigenvalue weighted by Crippen LogP contribution is 2.26. The molecular weight excluding hydrogens is 334 g/mol. The van der Waals surface area contributed by atoms with Gasteiger partial charge in [-0.25, -0.2) is 0 Å². The van der Waals surface area contributed by atoms with Crippen molar-refractivity contribution < 1.29 is 9.26 Å². The van der Waals surface area contributed by atoms with Crippen LogP contribution in [-0.2, 0) is 6.61 Å². The molecule has 21 heavy (non-hydrogen) atoms. The van der Waals surface area contributed by atoms with Crippen LogP contribution in [-0.4, -0.2) is 10.1 Å². The molecule has 0 spiro atoms. The van der Waals surface area contributed by atoms with Crippen LogP contribution < -0.4 is 10.5 Å². The van der Waals surface area contributed by atoms with Crippen molar-refractivity contribution in [2.75, 3.05) is 5.73 Å². The van der Waals surface area contributed by atoms with Crippen LogP contribution in [0.25, 0.3) is 11.5 Å². The molecule has 3 rings (SSSR count). The van der Waals surface area contributed by atoms with Crippen molar-refractivity contribution in [3.05, 3.63) is 58.8 Å². The molecule has 2 aromatic carbocycles. The average molecular weight is 346 g/mol. The zero-order valence-corrected chi connectivity index (χ0v) is 12.6. The van der Waals surface area contributed by atoms with Crippen LogP contribution in [0.3, 0.4) is 0 Å². The summed E-state index contributed by atoms with van der Waals surface area (Å²) in [7, 11) is 0. The maximum Gasteiger partial charge on any atom is 0.258 e. The summed E-state index contributed by atoms with van der Waals surface area (Å²) >= 11 is 3.35. The molecule has 0 amide bonds. The van der Waals surface area contributed by atoms with Crippen molar-refractivity contribution in [2.24, 2.45) is 0 Å². The molecule has 1 aromatic heterocycles. The third-order valence-corrected chi connectivity index (χ3v) is 3.54. The molecule has 1 heterocycles. The van der Waals surface area contributed by atoms with Gasteiger partial charge >= 0.3 is 0 Å². The molecule has 6 heteroatoms. The normalized spacial score (nSPS) is 10.5. The van der Waals surface area contributed by atoms with E-state index >= 15 is 0 Å². The Hall–Kier alpha value is -2.34. The highest BCUT2D eigenvalue weighted by molar-refractivity contribution is 9.10. The Balaban J connectivity index is 1.72. The first kappa shape index (κ1) is 13.6. The minimum Gasteiger partial charge on any atom is -0.485 e. The lowest BCUT2D eigenvalue weighted by molar-refractivity contribution is 0.287. The summed E-state index contributed by atoms with van der Waals surface area (Å²) in [5, 5.41) is 3.90. The van der Waals surface area contributed by atoms with Gasteiger partial charge in [-0.1, -0.05) is 23.4 Å². The van der Waals surface area contributed by atoms with Gasteiger partial charge in [-0.3, -0.25) is 0 Å². The number of hydrogen-bond donors (Lipinski definition) is 1. The minimum atomic E-state index is 0.250. The van der Waals surface area contributed by atoms with E-state index < -0.39 is 0 Å². The van der Waals surface area contributed by atoms with Crippen molar-refractivity contribution in [3.63, 3.8) is 0 Å². The van der Waals surface area contributed by atoms with Gasteiger partial charge in [0.05, 0.1) is 0 Å². The van der Waals surface area contributed by atoms with Crippen LogP contribution >= 0.6 is 15.9 Å². The number of ether oxygens (including phenoxy) is 1. The fourth-order valence-electron chi connectivity index (χ4n) is 1.77. The third kappa shape index (κ3) is 3.22. The van der Waals surface area contributed by atoms with E-state index in [2.05, 4.69) is 26.1 Å². The Morgan fingerprint density at radius 1 is 1.14 bits per heavy atom. The number of hydrogen-bond acceptors (Lipinski definition) is 5. The predicted molar refractivity (Wildman–Crippen MR) is 82.6 cm³/mol. The van der Waals surface area contributed by atoms with Gasteiger partial charge in [-0.05, 0) is 46.3 Å². The molecule has 0 unspecified atom stereocenters. The van der Waals surface area contributed by atoms with E-state index in [0.717, 1.165) is 15.8 Å². The Morgan fingerprint density at radius 2 is 1.95 bits per heavy atom. The Labute approximate surface area is 129 Å². The first-order valence-electron chi connectivity index (χ1n) is 6.28. The average Bonchev–Trinajstić information content (AvgIpc) is 2.98.